The second-order valence-electron chi connectivity index (χ2n) is 4.08. The number of nitriles is 1. The van der Waals surface area contributed by atoms with E-state index in [0.29, 0.717) is 37.1 Å². The van der Waals surface area contributed by atoms with Crippen molar-refractivity contribution in [1.82, 2.24) is 9.88 Å². The monoisotopic (exact) mass is 292 g/mol. The highest BCUT2D eigenvalue weighted by Crippen LogP contribution is 2.10. The maximum Gasteiger partial charge on any atom is 0.266 e. The molecule has 1 aliphatic heterocycles. The van der Waals surface area contributed by atoms with Crippen LogP contribution in [0, 0.1) is 11.3 Å². The summed E-state index contributed by atoms with van der Waals surface area (Å²) in [6.07, 6.45) is 2.83. The number of rotatable bonds is 3. The molecule has 0 unspecified atom stereocenters. The van der Waals surface area contributed by atoms with Crippen LogP contribution in [0.25, 0.3) is 0 Å². The molecule has 1 saturated heterocycles. The van der Waals surface area contributed by atoms with Crippen molar-refractivity contribution in [1.29, 1.82) is 5.26 Å². The lowest BCUT2D eigenvalue weighted by Gasteiger charge is -2.26. The molecule has 1 amide bonds. The van der Waals surface area contributed by atoms with Gasteiger partial charge in [0.15, 0.2) is 0 Å². The Kier molecular flexibility index (Phi) is 4.93. The first-order chi connectivity index (χ1) is 9.70. The van der Waals surface area contributed by atoms with Gasteiger partial charge in [0.05, 0.1) is 18.2 Å². The van der Waals surface area contributed by atoms with Crippen molar-refractivity contribution < 1.29 is 9.53 Å². The van der Waals surface area contributed by atoms with Crippen LogP contribution in [0.4, 0.5) is 5.82 Å². The molecule has 1 aromatic rings. The van der Waals surface area contributed by atoms with Crippen LogP contribution in [0.2, 0.25) is 5.02 Å². The van der Waals surface area contributed by atoms with Crippen molar-refractivity contribution >= 4 is 23.3 Å². The lowest BCUT2D eigenvalue weighted by atomic mass is 10.2. The van der Waals surface area contributed by atoms with Crippen molar-refractivity contribution in [2.45, 2.75) is 0 Å². The number of hydrogen-bond donors (Lipinski definition) is 1. The Bertz CT molecular complexity index is 544. The molecule has 6 nitrogen and oxygen atoms in total. The Morgan fingerprint density at radius 1 is 1.50 bits per heavy atom. The Hall–Kier alpha value is -2.10. The van der Waals surface area contributed by atoms with E-state index in [1.165, 1.54) is 12.4 Å². The summed E-state index contributed by atoms with van der Waals surface area (Å²) in [6.45, 7) is 1.99. The number of amides is 1. The van der Waals surface area contributed by atoms with Gasteiger partial charge in [-0.3, -0.25) is 4.79 Å². The summed E-state index contributed by atoms with van der Waals surface area (Å²) in [4.78, 5) is 17.7. The first-order valence-corrected chi connectivity index (χ1v) is 6.44. The highest BCUT2D eigenvalue weighted by atomic mass is 35.5. The zero-order valence-electron chi connectivity index (χ0n) is 10.7. The third kappa shape index (κ3) is 3.70. The number of nitrogens with one attached hydrogen (secondary N) is 1. The van der Waals surface area contributed by atoms with E-state index >= 15 is 0 Å². The van der Waals surface area contributed by atoms with E-state index in [2.05, 4.69) is 10.3 Å². The molecule has 1 fully saturated rings. The fraction of sp³-hybridized carbons (Fsp3) is 0.308. The van der Waals surface area contributed by atoms with Crippen LogP contribution >= 0.6 is 11.6 Å². The molecule has 104 valence electrons. The maximum absolute atomic E-state index is 12.1. The average molecular weight is 293 g/mol. The quantitative estimate of drug-likeness (QED) is 0.673. The molecule has 1 aliphatic rings. The molecule has 0 radical (unpaired) electrons. The highest BCUT2D eigenvalue weighted by Gasteiger charge is 2.20. The van der Waals surface area contributed by atoms with E-state index in [9.17, 15) is 4.79 Å². The largest absolute Gasteiger partial charge is 0.378 e. The fourth-order valence-electron chi connectivity index (χ4n) is 1.69. The third-order valence-corrected chi connectivity index (χ3v) is 2.96. The molecule has 0 aromatic carbocycles. The van der Waals surface area contributed by atoms with Crippen LogP contribution in [0.1, 0.15) is 0 Å². The van der Waals surface area contributed by atoms with E-state index in [1.807, 2.05) is 6.07 Å². The summed E-state index contributed by atoms with van der Waals surface area (Å²) < 4.78 is 5.17. The Morgan fingerprint density at radius 3 is 2.85 bits per heavy atom. The van der Waals surface area contributed by atoms with E-state index in [4.69, 9.17) is 21.6 Å². The molecule has 20 heavy (non-hydrogen) atoms. The number of morpholine rings is 1. The minimum absolute atomic E-state index is 0.0312. The average Bonchev–Trinajstić information content (AvgIpc) is 2.50. The normalized spacial score (nSPS) is 15.6. The maximum atomic E-state index is 12.1. The standard InChI is InChI=1S/C13H13ClN4O2/c14-11-1-2-12(17-9-11)16-8-10(7-15)13(19)18-3-5-20-6-4-18/h1-2,8-9H,3-6H2,(H,16,17)/b10-8-. The minimum atomic E-state index is -0.308. The van der Waals surface area contributed by atoms with Gasteiger partial charge in [0.25, 0.3) is 5.91 Å². The number of aromatic nitrogens is 1. The molecular formula is C13H13ClN4O2. The number of halogens is 1. The summed E-state index contributed by atoms with van der Waals surface area (Å²) in [5.41, 5.74) is 0.0312. The molecule has 0 aliphatic carbocycles. The van der Waals surface area contributed by atoms with Gasteiger partial charge in [0, 0.05) is 25.5 Å². The topological polar surface area (TPSA) is 78.2 Å². The van der Waals surface area contributed by atoms with Gasteiger partial charge < -0.3 is 15.0 Å². The lowest BCUT2D eigenvalue weighted by molar-refractivity contribution is -0.130. The molecule has 1 aromatic heterocycles. The first kappa shape index (κ1) is 14.3. The summed E-state index contributed by atoms with van der Waals surface area (Å²) in [6, 6.07) is 5.22. The van der Waals surface area contributed by atoms with Crippen LogP contribution in [-0.2, 0) is 9.53 Å². The van der Waals surface area contributed by atoms with Crippen LogP contribution < -0.4 is 5.32 Å². The number of ether oxygens (including phenoxy) is 1. The molecule has 0 spiro atoms. The second-order valence-corrected chi connectivity index (χ2v) is 4.52. The number of anilines is 1. The van der Waals surface area contributed by atoms with Crippen molar-refractivity contribution in [3.8, 4) is 6.07 Å². The van der Waals surface area contributed by atoms with Crippen molar-refractivity contribution in [3.05, 3.63) is 35.1 Å². The smallest absolute Gasteiger partial charge is 0.266 e. The molecule has 7 heteroatoms. The van der Waals surface area contributed by atoms with Gasteiger partial charge in [0.2, 0.25) is 0 Å². The zero-order valence-corrected chi connectivity index (χ0v) is 11.4. The molecular weight excluding hydrogens is 280 g/mol. The van der Waals surface area contributed by atoms with Gasteiger partial charge >= 0.3 is 0 Å². The van der Waals surface area contributed by atoms with Gasteiger partial charge in [0.1, 0.15) is 17.5 Å². The second kappa shape index (κ2) is 6.89. The Morgan fingerprint density at radius 2 is 2.25 bits per heavy atom. The SMILES string of the molecule is N#C/C(=C/Nc1ccc(Cl)cn1)C(=O)N1CCOCC1. The number of hydrogen-bond acceptors (Lipinski definition) is 5. The Labute approximate surface area is 121 Å². The number of nitrogens with zero attached hydrogens (tertiary/aromatic N) is 3. The van der Waals surface area contributed by atoms with E-state index in [-0.39, 0.29) is 11.5 Å². The molecule has 0 bridgehead atoms. The summed E-state index contributed by atoms with van der Waals surface area (Å²) in [5.74, 6) is 0.203. The fourth-order valence-corrected chi connectivity index (χ4v) is 1.80. The number of carbonyl (C=O) groups excluding carboxylic acids is 1. The predicted molar refractivity (Wildman–Crippen MR) is 74.0 cm³/mol. The molecule has 1 N–H and O–H groups in total. The zero-order chi connectivity index (χ0) is 14.4. The molecule has 2 rings (SSSR count). The highest BCUT2D eigenvalue weighted by molar-refractivity contribution is 6.30. The van der Waals surface area contributed by atoms with Crippen molar-refractivity contribution in [3.63, 3.8) is 0 Å². The predicted octanol–water partition coefficient (Wildman–Crippen LogP) is 1.41. The molecule has 0 saturated carbocycles. The molecule has 0 atom stereocenters. The summed E-state index contributed by atoms with van der Waals surface area (Å²) in [7, 11) is 0. The molecule has 2 heterocycles. The first-order valence-electron chi connectivity index (χ1n) is 6.06. The van der Waals surface area contributed by atoms with Gasteiger partial charge in [-0.25, -0.2) is 4.98 Å². The van der Waals surface area contributed by atoms with Gasteiger partial charge in [-0.15, -0.1) is 0 Å². The summed E-state index contributed by atoms with van der Waals surface area (Å²) >= 11 is 5.72. The van der Waals surface area contributed by atoms with Gasteiger partial charge in [-0.2, -0.15) is 5.26 Å². The van der Waals surface area contributed by atoms with E-state index in [0.717, 1.165) is 0 Å². The van der Waals surface area contributed by atoms with Crippen LogP contribution in [-0.4, -0.2) is 42.1 Å². The van der Waals surface area contributed by atoms with Crippen LogP contribution in [0.3, 0.4) is 0 Å². The van der Waals surface area contributed by atoms with E-state index < -0.39 is 0 Å². The lowest BCUT2D eigenvalue weighted by Crippen LogP contribution is -2.41. The number of pyridine rings is 1. The van der Waals surface area contributed by atoms with Crippen LogP contribution in [0.5, 0.6) is 0 Å². The third-order valence-electron chi connectivity index (χ3n) is 2.74. The number of carbonyl (C=O) groups is 1. The Balaban J connectivity index is 2.03. The minimum Gasteiger partial charge on any atom is -0.378 e. The van der Waals surface area contributed by atoms with E-state index in [1.54, 1.807) is 17.0 Å². The van der Waals surface area contributed by atoms with Crippen molar-refractivity contribution in [2.24, 2.45) is 0 Å². The summed E-state index contributed by atoms with van der Waals surface area (Å²) in [5, 5.41) is 12.4. The van der Waals surface area contributed by atoms with Gasteiger partial charge in [-0.1, -0.05) is 11.6 Å². The van der Waals surface area contributed by atoms with Crippen molar-refractivity contribution in [2.75, 3.05) is 31.6 Å². The van der Waals surface area contributed by atoms with Crippen LogP contribution in [0.15, 0.2) is 30.1 Å². The van der Waals surface area contributed by atoms with Gasteiger partial charge in [-0.05, 0) is 12.1 Å².